The Bertz CT molecular complexity index is 372. The molecule has 1 aliphatic rings. The molecule has 0 bridgehead atoms. The lowest BCUT2D eigenvalue weighted by Gasteiger charge is -2.44. The molecule has 0 aliphatic heterocycles. The molecule has 0 spiro atoms. The maximum atomic E-state index is 10.9. The van der Waals surface area contributed by atoms with E-state index in [4.69, 9.17) is 15.3 Å². The molecule has 6 heteroatoms. The lowest BCUT2D eigenvalue weighted by molar-refractivity contribution is -0.141. The zero-order valence-corrected chi connectivity index (χ0v) is 12.2. The molecule has 6 nitrogen and oxygen atoms in total. The summed E-state index contributed by atoms with van der Waals surface area (Å²) in [6.45, 7) is 0. The molecule has 1 saturated carbocycles. The van der Waals surface area contributed by atoms with E-state index in [0.717, 1.165) is 25.7 Å². The molecule has 1 aliphatic carbocycles. The van der Waals surface area contributed by atoms with Crippen LogP contribution in [0.2, 0.25) is 0 Å². The van der Waals surface area contributed by atoms with Crippen molar-refractivity contribution in [2.75, 3.05) is 0 Å². The van der Waals surface area contributed by atoms with Crippen LogP contribution in [-0.4, -0.2) is 33.2 Å². The smallest absolute Gasteiger partial charge is 0.303 e. The van der Waals surface area contributed by atoms with Gasteiger partial charge in [-0.15, -0.1) is 0 Å². The Morgan fingerprint density at radius 2 is 1.38 bits per heavy atom. The Balaban J connectivity index is 2.82. The highest BCUT2D eigenvalue weighted by Gasteiger charge is 2.40. The highest BCUT2D eigenvalue weighted by molar-refractivity contribution is 5.68. The predicted octanol–water partition coefficient (Wildman–Crippen LogP) is 2.76. The van der Waals surface area contributed by atoms with Crippen molar-refractivity contribution in [3.8, 4) is 0 Å². The number of hydrogen-bond acceptors (Lipinski definition) is 3. The molecule has 3 N–H and O–H groups in total. The highest BCUT2D eigenvalue weighted by atomic mass is 16.4. The topological polar surface area (TPSA) is 112 Å². The average Bonchev–Trinajstić information content (AvgIpc) is 2.41. The first-order valence-corrected chi connectivity index (χ1v) is 7.51. The summed E-state index contributed by atoms with van der Waals surface area (Å²) in [6, 6.07) is 0. The lowest BCUT2D eigenvalue weighted by atomic mass is 9.60. The molecular weight excluding hydrogens is 276 g/mol. The Kier molecular flexibility index (Phi) is 6.65. The van der Waals surface area contributed by atoms with Crippen molar-refractivity contribution in [3.05, 3.63) is 0 Å². The van der Waals surface area contributed by atoms with E-state index in [-0.39, 0.29) is 30.6 Å². The van der Waals surface area contributed by atoms with Gasteiger partial charge in [0.05, 0.1) is 0 Å². The van der Waals surface area contributed by atoms with Crippen molar-refractivity contribution in [3.63, 3.8) is 0 Å². The Hall–Kier alpha value is -1.59. The van der Waals surface area contributed by atoms with Gasteiger partial charge >= 0.3 is 17.9 Å². The van der Waals surface area contributed by atoms with Gasteiger partial charge in [-0.25, -0.2) is 0 Å². The van der Waals surface area contributed by atoms with Crippen LogP contribution in [0.15, 0.2) is 0 Å². The minimum Gasteiger partial charge on any atom is -0.481 e. The van der Waals surface area contributed by atoms with Crippen LogP contribution in [0.3, 0.4) is 0 Å². The quantitative estimate of drug-likeness (QED) is 0.603. The summed E-state index contributed by atoms with van der Waals surface area (Å²) >= 11 is 0. The monoisotopic (exact) mass is 300 g/mol. The fraction of sp³-hybridized carbons (Fsp3) is 0.800. The van der Waals surface area contributed by atoms with Crippen molar-refractivity contribution in [2.24, 2.45) is 11.3 Å². The van der Waals surface area contributed by atoms with E-state index in [9.17, 15) is 14.4 Å². The Morgan fingerprint density at radius 1 is 0.857 bits per heavy atom. The summed E-state index contributed by atoms with van der Waals surface area (Å²) in [5, 5.41) is 26.7. The van der Waals surface area contributed by atoms with Crippen LogP contribution in [-0.2, 0) is 14.4 Å². The molecule has 0 aromatic heterocycles. The minimum atomic E-state index is -0.882. The average molecular weight is 300 g/mol. The summed E-state index contributed by atoms with van der Waals surface area (Å²) in [5.41, 5.74) is -0.329. The first kappa shape index (κ1) is 17.5. The fourth-order valence-electron chi connectivity index (χ4n) is 3.62. The van der Waals surface area contributed by atoms with E-state index in [1.807, 2.05) is 0 Å². The molecule has 0 amide bonds. The molecule has 1 fully saturated rings. The van der Waals surface area contributed by atoms with Gasteiger partial charge in [0.2, 0.25) is 0 Å². The van der Waals surface area contributed by atoms with Crippen LogP contribution in [0.4, 0.5) is 0 Å². The Labute approximate surface area is 124 Å². The van der Waals surface area contributed by atoms with E-state index in [1.165, 1.54) is 0 Å². The third kappa shape index (κ3) is 5.73. The van der Waals surface area contributed by atoms with E-state index in [1.54, 1.807) is 0 Å². The maximum absolute atomic E-state index is 10.9. The van der Waals surface area contributed by atoms with Gasteiger partial charge < -0.3 is 15.3 Å². The van der Waals surface area contributed by atoms with Crippen LogP contribution in [0.25, 0.3) is 0 Å². The van der Waals surface area contributed by atoms with Gasteiger partial charge in [-0.3, -0.25) is 14.4 Å². The molecule has 21 heavy (non-hydrogen) atoms. The largest absolute Gasteiger partial charge is 0.481 e. The molecular formula is C15H24O6. The van der Waals surface area contributed by atoms with Gasteiger partial charge in [0, 0.05) is 19.3 Å². The summed E-state index contributed by atoms with van der Waals surface area (Å²) in [7, 11) is 0. The van der Waals surface area contributed by atoms with Crippen LogP contribution < -0.4 is 0 Å². The van der Waals surface area contributed by atoms with E-state index < -0.39 is 17.9 Å². The first-order chi connectivity index (χ1) is 9.85. The van der Waals surface area contributed by atoms with Gasteiger partial charge in [-0.2, -0.15) is 0 Å². The van der Waals surface area contributed by atoms with Crippen LogP contribution in [0.5, 0.6) is 0 Å². The van der Waals surface area contributed by atoms with Crippen molar-refractivity contribution in [1.82, 2.24) is 0 Å². The molecule has 1 rings (SSSR count). The normalized spacial score (nSPS) is 20.9. The van der Waals surface area contributed by atoms with E-state index in [2.05, 4.69) is 0 Å². The van der Waals surface area contributed by atoms with Gasteiger partial charge in [-0.1, -0.05) is 12.8 Å². The lowest BCUT2D eigenvalue weighted by Crippen LogP contribution is -2.35. The zero-order chi connectivity index (χ0) is 15.9. The van der Waals surface area contributed by atoms with E-state index >= 15 is 0 Å². The zero-order valence-electron chi connectivity index (χ0n) is 12.2. The number of rotatable bonds is 9. The minimum absolute atomic E-state index is 0.0171. The number of carboxylic acids is 3. The second-order valence-corrected chi connectivity index (χ2v) is 6.02. The molecule has 120 valence electrons. The number of aliphatic carboxylic acids is 3. The molecule has 0 heterocycles. The number of carboxylic acid groups (broad SMARTS) is 3. The van der Waals surface area contributed by atoms with Crippen molar-refractivity contribution in [1.29, 1.82) is 0 Å². The first-order valence-electron chi connectivity index (χ1n) is 7.51. The molecule has 0 saturated heterocycles. The van der Waals surface area contributed by atoms with Crippen LogP contribution >= 0.6 is 0 Å². The highest BCUT2D eigenvalue weighted by Crippen LogP contribution is 2.50. The third-order valence-electron chi connectivity index (χ3n) is 4.72. The summed E-state index contributed by atoms with van der Waals surface area (Å²) in [6.07, 6.45) is 5.13. The second kappa shape index (κ2) is 8.00. The second-order valence-electron chi connectivity index (χ2n) is 6.02. The van der Waals surface area contributed by atoms with Gasteiger partial charge in [-0.05, 0) is 43.4 Å². The maximum Gasteiger partial charge on any atom is 0.303 e. The van der Waals surface area contributed by atoms with Crippen molar-refractivity contribution >= 4 is 17.9 Å². The number of hydrogen-bond donors (Lipinski definition) is 3. The van der Waals surface area contributed by atoms with Crippen LogP contribution in [0, 0.1) is 11.3 Å². The summed E-state index contributed by atoms with van der Waals surface area (Å²) < 4.78 is 0. The fourth-order valence-corrected chi connectivity index (χ4v) is 3.62. The van der Waals surface area contributed by atoms with Gasteiger partial charge in [0.25, 0.3) is 0 Å². The standard InChI is InChI=1S/C15H24O6/c16-12(17)5-4-11-3-1-2-8-15(11,9-6-13(18)19)10-7-14(20)21/h11H,1-10H2,(H,16,17)(H,18,19)(H,20,21). The third-order valence-corrected chi connectivity index (χ3v) is 4.72. The predicted molar refractivity (Wildman–Crippen MR) is 75.0 cm³/mol. The van der Waals surface area contributed by atoms with Crippen molar-refractivity contribution in [2.45, 2.75) is 64.2 Å². The summed E-state index contributed by atoms with van der Waals surface area (Å²) in [5.74, 6) is -2.51. The molecule has 0 aromatic carbocycles. The Morgan fingerprint density at radius 3 is 1.86 bits per heavy atom. The molecule has 1 atom stereocenters. The molecule has 1 unspecified atom stereocenters. The van der Waals surface area contributed by atoms with Gasteiger partial charge in [0.1, 0.15) is 0 Å². The van der Waals surface area contributed by atoms with Crippen molar-refractivity contribution < 1.29 is 29.7 Å². The van der Waals surface area contributed by atoms with Gasteiger partial charge in [0.15, 0.2) is 0 Å². The number of carbonyl (C=O) groups is 3. The molecule has 0 radical (unpaired) electrons. The van der Waals surface area contributed by atoms with Crippen LogP contribution in [0.1, 0.15) is 64.2 Å². The summed E-state index contributed by atoms with van der Waals surface area (Å²) in [4.78, 5) is 32.6. The SMILES string of the molecule is O=C(O)CCC1CCCCC1(CCC(=O)O)CCC(=O)O. The van der Waals surface area contributed by atoms with E-state index in [0.29, 0.717) is 19.3 Å². The molecule has 0 aromatic rings.